The second-order valence-electron chi connectivity index (χ2n) is 4.32. The molecule has 0 aromatic rings. The largest absolute Gasteiger partial charge is 0.480 e. The van der Waals surface area contributed by atoms with Crippen LogP contribution in [0.4, 0.5) is 0 Å². The van der Waals surface area contributed by atoms with E-state index < -0.39 is 5.97 Å². The predicted octanol–water partition coefficient (Wildman–Crippen LogP) is 1.60. The number of carbonyl (C=O) groups excluding carboxylic acids is 1. The van der Waals surface area contributed by atoms with E-state index in [4.69, 9.17) is 5.11 Å². The molecule has 0 rings (SSSR count). The van der Waals surface area contributed by atoms with Gasteiger partial charge in [0.1, 0.15) is 6.54 Å². The van der Waals surface area contributed by atoms with Gasteiger partial charge in [0.15, 0.2) is 0 Å². The lowest BCUT2D eigenvalue weighted by Crippen LogP contribution is -2.40. The van der Waals surface area contributed by atoms with Crippen molar-refractivity contribution in [2.45, 2.75) is 34.1 Å². The fraction of sp³-hybridized carbons (Fsp3) is 0.818. The maximum Gasteiger partial charge on any atom is 0.323 e. The maximum absolute atomic E-state index is 11.8. The van der Waals surface area contributed by atoms with Crippen molar-refractivity contribution in [2.75, 3.05) is 13.1 Å². The standard InChI is InChI=1S/C11H21NO3/c1-5-9(4)11(15)12(6-8(2)3)7-10(13)14/h8-9H,5-7H2,1-4H3,(H,13,14). The van der Waals surface area contributed by atoms with E-state index in [9.17, 15) is 9.59 Å². The minimum absolute atomic E-state index is 0.0615. The fourth-order valence-corrected chi connectivity index (χ4v) is 1.32. The number of rotatable bonds is 6. The Balaban J connectivity index is 4.47. The summed E-state index contributed by atoms with van der Waals surface area (Å²) in [5.41, 5.74) is 0. The lowest BCUT2D eigenvalue weighted by atomic mass is 10.1. The van der Waals surface area contributed by atoms with Gasteiger partial charge < -0.3 is 10.0 Å². The van der Waals surface area contributed by atoms with Gasteiger partial charge in [-0.3, -0.25) is 9.59 Å². The minimum Gasteiger partial charge on any atom is -0.480 e. The summed E-state index contributed by atoms with van der Waals surface area (Å²) >= 11 is 0. The van der Waals surface area contributed by atoms with Gasteiger partial charge in [-0.25, -0.2) is 0 Å². The molecule has 0 saturated heterocycles. The molecule has 1 amide bonds. The third-order valence-corrected chi connectivity index (χ3v) is 2.26. The van der Waals surface area contributed by atoms with Crippen molar-refractivity contribution in [1.29, 1.82) is 0 Å². The van der Waals surface area contributed by atoms with Gasteiger partial charge in [-0.1, -0.05) is 27.7 Å². The normalized spacial score (nSPS) is 12.6. The number of carbonyl (C=O) groups is 2. The van der Waals surface area contributed by atoms with Crippen molar-refractivity contribution < 1.29 is 14.7 Å². The first-order valence-electron chi connectivity index (χ1n) is 5.39. The number of hydrogen-bond donors (Lipinski definition) is 1. The average Bonchev–Trinajstić information content (AvgIpc) is 2.13. The van der Waals surface area contributed by atoms with Gasteiger partial charge in [-0.05, 0) is 12.3 Å². The van der Waals surface area contributed by atoms with E-state index in [0.717, 1.165) is 6.42 Å². The van der Waals surface area contributed by atoms with Gasteiger partial charge in [-0.15, -0.1) is 0 Å². The monoisotopic (exact) mass is 215 g/mol. The molecule has 1 atom stereocenters. The number of nitrogens with zero attached hydrogens (tertiary/aromatic N) is 1. The zero-order chi connectivity index (χ0) is 12.0. The SMILES string of the molecule is CCC(C)C(=O)N(CC(=O)O)CC(C)C. The second kappa shape index (κ2) is 6.43. The first-order chi connectivity index (χ1) is 6.88. The van der Waals surface area contributed by atoms with Crippen LogP contribution in [0.5, 0.6) is 0 Å². The van der Waals surface area contributed by atoms with Gasteiger partial charge in [0.05, 0.1) is 0 Å². The molecule has 0 spiro atoms. The second-order valence-corrected chi connectivity index (χ2v) is 4.32. The Labute approximate surface area is 91.3 Å². The van der Waals surface area contributed by atoms with Crippen molar-refractivity contribution in [1.82, 2.24) is 4.90 Å². The van der Waals surface area contributed by atoms with E-state index in [1.807, 2.05) is 27.7 Å². The molecule has 1 unspecified atom stereocenters. The van der Waals surface area contributed by atoms with Crippen LogP contribution < -0.4 is 0 Å². The van der Waals surface area contributed by atoms with Crippen LogP contribution in [0.25, 0.3) is 0 Å². The van der Waals surface area contributed by atoms with Crippen LogP contribution in [-0.4, -0.2) is 35.0 Å². The van der Waals surface area contributed by atoms with Gasteiger partial charge in [0.25, 0.3) is 0 Å². The molecule has 4 heteroatoms. The zero-order valence-electron chi connectivity index (χ0n) is 9.99. The third-order valence-electron chi connectivity index (χ3n) is 2.26. The maximum atomic E-state index is 11.8. The molecule has 0 aromatic carbocycles. The summed E-state index contributed by atoms with van der Waals surface area (Å²) in [7, 11) is 0. The number of hydrogen-bond acceptors (Lipinski definition) is 2. The Bertz CT molecular complexity index is 226. The highest BCUT2D eigenvalue weighted by Crippen LogP contribution is 2.08. The summed E-state index contributed by atoms with van der Waals surface area (Å²) in [6.07, 6.45) is 0.743. The molecule has 0 aliphatic heterocycles. The lowest BCUT2D eigenvalue weighted by Gasteiger charge is -2.25. The van der Waals surface area contributed by atoms with Gasteiger partial charge in [0.2, 0.25) is 5.91 Å². The van der Waals surface area contributed by atoms with Crippen LogP contribution in [-0.2, 0) is 9.59 Å². The van der Waals surface area contributed by atoms with Crippen molar-refractivity contribution in [3.63, 3.8) is 0 Å². The van der Waals surface area contributed by atoms with Crippen LogP contribution in [0.3, 0.4) is 0 Å². The van der Waals surface area contributed by atoms with E-state index in [1.165, 1.54) is 4.90 Å². The smallest absolute Gasteiger partial charge is 0.323 e. The molecule has 15 heavy (non-hydrogen) atoms. The predicted molar refractivity (Wildman–Crippen MR) is 58.5 cm³/mol. The summed E-state index contributed by atoms with van der Waals surface area (Å²) in [5.74, 6) is -0.818. The molecule has 0 radical (unpaired) electrons. The van der Waals surface area contributed by atoms with Crippen molar-refractivity contribution in [3.8, 4) is 0 Å². The Morgan fingerprint density at radius 1 is 1.27 bits per heavy atom. The summed E-state index contributed by atoms with van der Waals surface area (Å²) < 4.78 is 0. The van der Waals surface area contributed by atoms with E-state index in [0.29, 0.717) is 6.54 Å². The molecule has 0 aliphatic rings. The summed E-state index contributed by atoms with van der Waals surface area (Å²) in [5, 5.41) is 8.71. The molecule has 1 N–H and O–H groups in total. The molecule has 0 aliphatic carbocycles. The van der Waals surface area contributed by atoms with Crippen LogP contribution in [0.15, 0.2) is 0 Å². The molecule has 88 valence electrons. The Hall–Kier alpha value is -1.06. The van der Waals surface area contributed by atoms with Crippen molar-refractivity contribution in [2.24, 2.45) is 11.8 Å². The molecular weight excluding hydrogens is 194 g/mol. The molecule has 0 saturated carbocycles. The molecule has 4 nitrogen and oxygen atoms in total. The molecule has 0 bridgehead atoms. The Morgan fingerprint density at radius 3 is 2.13 bits per heavy atom. The first-order valence-corrected chi connectivity index (χ1v) is 5.39. The Morgan fingerprint density at radius 2 is 1.80 bits per heavy atom. The number of carboxylic acids is 1. The van der Waals surface area contributed by atoms with E-state index in [-0.39, 0.29) is 24.3 Å². The first kappa shape index (κ1) is 13.9. The van der Waals surface area contributed by atoms with Crippen LogP contribution >= 0.6 is 0 Å². The molecular formula is C11H21NO3. The number of amides is 1. The zero-order valence-corrected chi connectivity index (χ0v) is 9.99. The lowest BCUT2D eigenvalue weighted by molar-refractivity contribution is -0.146. The van der Waals surface area contributed by atoms with Gasteiger partial charge >= 0.3 is 5.97 Å². The number of carboxylic acid groups (broad SMARTS) is 1. The highest BCUT2D eigenvalue weighted by atomic mass is 16.4. The fourth-order valence-electron chi connectivity index (χ4n) is 1.32. The molecule has 0 fully saturated rings. The quantitative estimate of drug-likeness (QED) is 0.732. The van der Waals surface area contributed by atoms with Crippen LogP contribution in [0.1, 0.15) is 34.1 Å². The summed E-state index contributed by atoms with van der Waals surface area (Å²) in [4.78, 5) is 23.9. The highest BCUT2D eigenvalue weighted by Gasteiger charge is 2.21. The topological polar surface area (TPSA) is 57.6 Å². The summed E-state index contributed by atoms with van der Waals surface area (Å²) in [6, 6.07) is 0. The number of aliphatic carboxylic acids is 1. The van der Waals surface area contributed by atoms with E-state index in [1.54, 1.807) is 0 Å². The van der Waals surface area contributed by atoms with Gasteiger partial charge in [0, 0.05) is 12.5 Å². The summed E-state index contributed by atoms with van der Waals surface area (Å²) in [6.45, 7) is 8.02. The van der Waals surface area contributed by atoms with Gasteiger partial charge in [-0.2, -0.15) is 0 Å². The molecule has 0 heterocycles. The van der Waals surface area contributed by atoms with Crippen LogP contribution in [0, 0.1) is 11.8 Å². The van der Waals surface area contributed by atoms with Crippen molar-refractivity contribution in [3.05, 3.63) is 0 Å². The Kier molecular flexibility index (Phi) is 5.97. The van der Waals surface area contributed by atoms with Crippen molar-refractivity contribution >= 4 is 11.9 Å². The third kappa shape index (κ3) is 5.40. The van der Waals surface area contributed by atoms with E-state index in [2.05, 4.69) is 0 Å². The van der Waals surface area contributed by atoms with Crippen LogP contribution in [0.2, 0.25) is 0 Å². The minimum atomic E-state index is -0.952. The van der Waals surface area contributed by atoms with E-state index >= 15 is 0 Å². The molecule has 0 aromatic heterocycles. The highest BCUT2D eigenvalue weighted by molar-refractivity contribution is 5.82. The average molecular weight is 215 g/mol.